The number of nitrogens with zero attached hydrogens (tertiary/aromatic N) is 1. The van der Waals surface area contributed by atoms with E-state index in [2.05, 4.69) is 12.2 Å². The van der Waals surface area contributed by atoms with Crippen LogP contribution >= 0.6 is 0 Å². The summed E-state index contributed by atoms with van der Waals surface area (Å²) in [7, 11) is 1.68. The lowest BCUT2D eigenvalue weighted by Crippen LogP contribution is -2.26. The molecular weight excluding hydrogens is 244 g/mol. The van der Waals surface area contributed by atoms with Crippen molar-refractivity contribution < 1.29 is 9.66 Å². The second-order valence-electron chi connectivity index (χ2n) is 4.99. The molecule has 0 fully saturated rings. The average molecular weight is 266 g/mol. The maximum absolute atomic E-state index is 10.9. The first-order chi connectivity index (χ1) is 8.95. The van der Waals surface area contributed by atoms with E-state index < -0.39 is 0 Å². The number of nitro groups is 1. The highest BCUT2D eigenvalue weighted by Crippen LogP contribution is 2.23. The van der Waals surface area contributed by atoms with Gasteiger partial charge in [-0.25, -0.2) is 0 Å². The van der Waals surface area contributed by atoms with E-state index in [1.807, 2.05) is 13.0 Å². The van der Waals surface area contributed by atoms with Crippen molar-refractivity contribution in [2.45, 2.75) is 26.8 Å². The van der Waals surface area contributed by atoms with E-state index in [4.69, 9.17) is 4.74 Å². The van der Waals surface area contributed by atoms with Crippen LogP contribution in [0.3, 0.4) is 0 Å². The maximum atomic E-state index is 10.9. The van der Waals surface area contributed by atoms with E-state index >= 15 is 0 Å². The summed E-state index contributed by atoms with van der Waals surface area (Å²) in [6.07, 6.45) is 0. The average Bonchev–Trinajstić information content (AvgIpc) is 2.36. The number of rotatable bonds is 7. The highest BCUT2D eigenvalue weighted by molar-refractivity contribution is 5.43. The molecule has 0 heterocycles. The van der Waals surface area contributed by atoms with Crippen molar-refractivity contribution in [2.24, 2.45) is 5.92 Å². The van der Waals surface area contributed by atoms with E-state index in [0.29, 0.717) is 18.1 Å². The minimum absolute atomic E-state index is 0.0820. The fourth-order valence-electron chi connectivity index (χ4n) is 1.93. The van der Waals surface area contributed by atoms with Gasteiger partial charge in [0.1, 0.15) is 0 Å². The zero-order chi connectivity index (χ0) is 14.4. The van der Waals surface area contributed by atoms with Gasteiger partial charge in [0.2, 0.25) is 0 Å². The van der Waals surface area contributed by atoms with Crippen LogP contribution in [-0.2, 0) is 4.74 Å². The summed E-state index contributed by atoms with van der Waals surface area (Å²) in [5, 5.41) is 14.3. The van der Waals surface area contributed by atoms with E-state index in [1.54, 1.807) is 26.2 Å². The summed E-state index contributed by atoms with van der Waals surface area (Å²) < 4.78 is 5.08. The Morgan fingerprint density at radius 2 is 2.11 bits per heavy atom. The Kier molecular flexibility index (Phi) is 5.92. The van der Waals surface area contributed by atoms with Gasteiger partial charge in [-0.05, 0) is 25.3 Å². The first-order valence-electron chi connectivity index (χ1n) is 6.43. The summed E-state index contributed by atoms with van der Waals surface area (Å²) in [5.41, 5.74) is 1.80. The molecule has 0 radical (unpaired) electrons. The van der Waals surface area contributed by atoms with Crippen LogP contribution in [0.5, 0.6) is 0 Å². The van der Waals surface area contributed by atoms with Crippen LogP contribution in [-0.4, -0.2) is 25.2 Å². The third-order valence-corrected chi connectivity index (χ3v) is 3.15. The molecule has 5 nitrogen and oxygen atoms in total. The van der Waals surface area contributed by atoms with Crippen LogP contribution in [0.4, 0.5) is 5.69 Å². The van der Waals surface area contributed by atoms with Gasteiger partial charge in [0.15, 0.2) is 0 Å². The number of ether oxygens (including phenoxy) is 1. The number of methoxy groups -OCH3 is 1. The highest BCUT2D eigenvalue weighted by Gasteiger charge is 2.14. The van der Waals surface area contributed by atoms with E-state index in [-0.39, 0.29) is 16.7 Å². The van der Waals surface area contributed by atoms with Crippen LogP contribution in [0.15, 0.2) is 18.2 Å². The van der Waals surface area contributed by atoms with Gasteiger partial charge in [-0.15, -0.1) is 0 Å². The van der Waals surface area contributed by atoms with Crippen LogP contribution in [0.1, 0.15) is 31.0 Å². The van der Waals surface area contributed by atoms with Crippen molar-refractivity contribution in [3.8, 4) is 0 Å². The molecule has 0 amide bonds. The van der Waals surface area contributed by atoms with Gasteiger partial charge in [0.05, 0.1) is 4.92 Å². The number of hydrogen-bond acceptors (Lipinski definition) is 4. The third kappa shape index (κ3) is 4.61. The van der Waals surface area contributed by atoms with Crippen LogP contribution in [0.2, 0.25) is 0 Å². The summed E-state index contributed by atoms with van der Waals surface area (Å²) in [4.78, 5) is 10.6. The Morgan fingerprint density at radius 1 is 1.42 bits per heavy atom. The Bertz CT molecular complexity index is 435. The van der Waals surface area contributed by atoms with Gasteiger partial charge in [-0.3, -0.25) is 10.1 Å². The molecule has 0 aliphatic carbocycles. The number of nitrogens with one attached hydrogen (secondary N) is 1. The van der Waals surface area contributed by atoms with Gasteiger partial charge in [0, 0.05) is 37.9 Å². The first kappa shape index (κ1) is 15.6. The topological polar surface area (TPSA) is 64.4 Å². The molecule has 0 bridgehead atoms. The van der Waals surface area contributed by atoms with Crippen LogP contribution < -0.4 is 5.32 Å². The van der Waals surface area contributed by atoms with Crippen molar-refractivity contribution in [3.05, 3.63) is 39.4 Å². The van der Waals surface area contributed by atoms with Crippen molar-refractivity contribution >= 4 is 5.69 Å². The van der Waals surface area contributed by atoms with Crippen molar-refractivity contribution in [3.63, 3.8) is 0 Å². The number of nitro benzene ring substituents is 1. The van der Waals surface area contributed by atoms with Gasteiger partial charge >= 0.3 is 0 Å². The number of aryl methyl sites for hydroxylation is 1. The molecule has 2 unspecified atom stereocenters. The summed E-state index contributed by atoms with van der Waals surface area (Å²) in [6.45, 7) is 7.37. The second kappa shape index (κ2) is 7.21. The second-order valence-corrected chi connectivity index (χ2v) is 4.99. The lowest BCUT2D eigenvalue weighted by molar-refractivity contribution is -0.385. The van der Waals surface area contributed by atoms with Gasteiger partial charge in [0.25, 0.3) is 5.69 Å². The van der Waals surface area contributed by atoms with Crippen molar-refractivity contribution in [1.82, 2.24) is 5.32 Å². The molecule has 0 aliphatic heterocycles. The van der Waals surface area contributed by atoms with E-state index in [9.17, 15) is 10.1 Å². The molecule has 1 rings (SSSR count). The lowest BCUT2D eigenvalue weighted by atomic mass is 10.0. The highest BCUT2D eigenvalue weighted by atomic mass is 16.6. The largest absolute Gasteiger partial charge is 0.384 e. The molecule has 106 valence electrons. The van der Waals surface area contributed by atoms with E-state index in [0.717, 1.165) is 12.1 Å². The zero-order valence-corrected chi connectivity index (χ0v) is 12.0. The lowest BCUT2D eigenvalue weighted by Gasteiger charge is -2.17. The van der Waals surface area contributed by atoms with Crippen molar-refractivity contribution in [2.75, 3.05) is 20.3 Å². The minimum atomic E-state index is -0.334. The molecule has 0 saturated carbocycles. The molecular formula is C14H22N2O3. The van der Waals surface area contributed by atoms with Gasteiger partial charge in [-0.1, -0.05) is 19.1 Å². The van der Waals surface area contributed by atoms with Crippen LogP contribution in [0, 0.1) is 23.0 Å². The quantitative estimate of drug-likeness (QED) is 0.609. The number of benzene rings is 1. The molecule has 1 aromatic carbocycles. The first-order valence-corrected chi connectivity index (χ1v) is 6.43. The van der Waals surface area contributed by atoms with Crippen LogP contribution in [0.25, 0.3) is 0 Å². The van der Waals surface area contributed by atoms with E-state index in [1.165, 1.54) is 0 Å². The Morgan fingerprint density at radius 3 is 2.68 bits per heavy atom. The normalized spacial score (nSPS) is 14.1. The van der Waals surface area contributed by atoms with Crippen molar-refractivity contribution in [1.29, 1.82) is 0 Å². The molecule has 0 aliphatic rings. The molecule has 0 aromatic heterocycles. The SMILES string of the molecule is COCC(C)CNC(C)c1ccc(C)c([N+](=O)[O-])c1. The summed E-state index contributed by atoms with van der Waals surface area (Å²) >= 11 is 0. The third-order valence-electron chi connectivity index (χ3n) is 3.15. The predicted octanol–water partition coefficient (Wildman–Crippen LogP) is 2.84. The molecule has 2 atom stereocenters. The molecule has 19 heavy (non-hydrogen) atoms. The maximum Gasteiger partial charge on any atom is 0.272 e. The fourth-order valence-corrected chi connectivity index (χ4v) is 1.93. The fraction of sp³-hybridized carbons (Fsp3) is 0.571. The summed E-state index contributed by atoms with van der Waals surface area (Å²) in [6, 6.07) is 5.46. The molecule has 1 aromatic rings. The molecule has 5 heteroatoms. The Balaban J connectivity index is 2.69. The minimum Gasteiger partial charge on any atom is -0.384 e. The zero-order valence-electron chi connectivity index (χ0n) is 12.0. The summed E-state index contributed by atoms with van der Waals surface area (Å²) in [5.74, 6) is 0.410. The Labute approximate surface area is 114 Å². The standard InChI is InChI=1S/C14H22N2O3/c1-10(9-19-4)8-15-12(3)13-6-5-11(2)14(7-13)16(17)18/h5-7,10,12,15H,8-9H2,1-4H3. The molecule has 1 N–H and O–H groups in total. The van der Waals surface area contributed by atoms with Gasteiger partial charge < -0.3 is 10.1 Å². The number of hydrogen-bond donors (Lipinski definition) is 1. The van der Waals surface area contributed by atoms with Gasteiger partial charge in [-0.2, -0.15) is 0 Å². The molecule has 0 spiro atoms. The monoisotopic (exact) mass is 266 g/mol. The predicted molar refractivity (Wildman–Crippen MR) is 75.3 cm³/mol. The molecule has 0 saturated heterocycles. The smallest absolute Gasteiger partial charge is 0.272 e. The Hall–Kier alpha value is -1.46.